The second kappa shape index (κ2) is 7.83. The van der Waals surface area contributed by atoms with Gasteiger partial charge in [-0.25, -0.2) is 4.68 Å². The van der Waals surface area contributed by atoms with E-state index in [0.717, 1.165) is 39.5 Å². The molecule has 3 aromatic carbocycles. The lowest BCUT2D eigenvalue weighted by Crippen LogP contribution is -2.32. The summed E-state index contributed by atoms with van der Waals surface area (Å²) < 4.78 is 13.9. The number of aromatic nitrogens is 3. The van der Waals surface area contributed by atoms with Gasteiger partial charge in [0, 0.05) is 26.7 Å². The van der Waals surface area contributed by atoms with Gasteiger partial charge in [-0.2, -0.15) is 10.1 Å². The molecule has 6 nitrogen and oxygen atoms in total. The number of fused-ring (bicyclic) bond motifs is 3. The Morgan fingerprint density at radius 2 is 1.91 bits per heavy atom. The molecule has 2 aliphatic rings. The van der Waals surface area contributed by atoms with Crippen LogP contribution in [0.1, 0.15) is 28.8 Å². The van der Waals surface area contributed by atoms with Gasteiger partial charge in [0.25, 0.3) is 0 Å². The topological polar surface area (TPSA) is 61.2 Å². The van der Waals surface area contributed by atoms with Crippen molar-refractivity contribution < 1.29 is 9.47 Å². The van der Waals surface area contributed by atoms with E-state index >= 15 is 0 Å². The van der Waals surface area contributed by atoms with Crippen LogP contribution in [0.25, 0.3) is 5.70 Å². The van der Waals surface area contributed by atoms with Gasteiger partial charge in [0.05, 0.1) is 12.8 Å². The zero-order valence-corrected chi connectivity index (χ0v) is 19.0. The van der Waals surface area contributed by atoms with E-state index in [0.29, 0.717) is 16.0 Å². The maximum absolute atomic E-state index is 6.72. The first-order valence-electron chi connectivity index (χ1n) is 10.4. The molecule has 0 saturated carbocycles. The van der Waals surface area contributed by atoms with E-state index in [-0.39, 0.29) is 6.04 Å². The van der Waals surface area contributed by atoms with Crippen LogP contribution in [0.3, 0.4) is 0 Å². The Kier molecular flexibility index (Phi) is 4.78. The molecule has 2 unspecified atom stereocenters. The van der Waals surface area contributed by atoms with Crippen LogP contribution in [0.5, 0.6) is 11.5 Å². The molecule has 2 aliphatic heterocycles. The maximum Gasteiger partial charge on any atom is 0.226 e. The third-order valence-electron chi connectivity index (χ3n) is 5.98. The number of ether oxygens (including phenoxy) is 2. The Morgan fingerprint density at radius 1 is 1.03 bits per heavy atom. The molecule has 0 bridgehead atoms. The van der Waals surface area contributed by atoms with Crippen LogP contribution in [0, 0.1) is 0 Å². The lowest BCUT2D eigenvalue weighted by atomic mass is 9.84. The van der Waals surface area contributed by atoms with E-state index in [1.54, 1.807) is 13.2 Å². The minimum atomic E-state index is -0.411. The van der Waals surface area contributed by atoms with Gasteiger partial charge in [-0.05, 0) is 42.0 Å². The van der Waals surface area contributed by atoms with Crippen molar-refractivity contribution in [3.63, 3.8) is 0 Å². The Morgan fingerprint density at radius 3 is 2.76 bits per heavy atom. The van der Waals surface area contributed by atoms with E-state index in [9.17, 15) is 0 Å². The van der Waals surface area contributed by atoms with E-state index in [1.165, 1.54) is 6.33 Å². The largest absolute Gasteiger partial charge is 0.497 e. The van der Waals surface area contributed by atoms with E-state index < -0.39 is 6.10 Å². The average molecular weight is 477 g/mol. The van der Waals surface area contributed by atoms with Crippen molar-refractivity contribution in [2.45, 2.75) is 12.1 Å². The number of anilines is 1. The molecule has 2 atom stereocenters. The van der Waals surface area contributed by atoms with Crippen LogP contribution in [-0.2, 0) is 0 Å². The molecule has 0 fully saturated rings. The van der Waals surface area contributed by atoms with Crippen molar-refractivity contribution in [3.05, 3.63) is 105 Å². The first-order chi connectivity index (χ1) is 16.1. The molecule has 6 rings (SSSR count). The quantitative estimate of drug-likeness (QED) is 0.383. The van der Waals surface area contributed by atoms with Gasteiger partial charge in [-0.15, -0.1) is 0 Å². The van der Waals surface area contributed by atoms with Crippen LogP contribution in [0.4, 0.5) is 5.95 Å². The summed E-state index contributed by atoms with van der Waals surface area (Å²) in [6.45, 7) is 0. The Balaban J connectivity index is 1.64. The Hall–Kier alpha value is -3.48. The first kappa shape index (κ1) is 20.1. The number of halogens is 2. The Bertz CT molecular complexity index is 1420. The normalized spacial score (nSPS) is 18.5. The van der Waals surface area contributed by atoms with Crippen LogP contribution in [0.15, 0.2) is 78.6 Å². The Labute approximate surface area is 200 Å². The fraction of sp³-hybridized carbons (Fsp3) is 0.120. The lowest BCUT2D eigenvalue weighted by molar-refractivity contribution is 0.222. The van der Waals surface area contributed by atoms with Crippen LogP contribution in [-0.4, -0.2) is 21.9 Å². The first-order valence-corrected chi connectivity index (χ1v) is 11.1. The number of rotatable bonds is 3. The maximum atomic E-state index is 6.72. The number of hydrogen-bond donors (Lipinski definition) is 1. The number of methoxy groups -OCH3 is 1. The molecule has 0 aliphatic carbocycles. The highest BCUT2D eigenvalue weighted by Crippen LogP contribution is 2.51. The van der Waals surface area contributed by atoms with E-state index in [2.05, 4.69) is 15.4 Å². The molecule has 164 valence electrons. The molecular weight excluding hydrogens is 459 g/mol. The molecule has 0 radical (unpaired) electrons. The molecule has 3 heterocycles. The number of nitrogens with one attached hydrogen (secondary N) is 1. The number of para-hydroxylation sites is 1. The minimum Gasteiger partial charge on any atom is -0.497 e. The summed E-state index contributed by atoms with van der Waals surface area (Å²) in [5.74, 6) is 2.17. The summed E-state index contributed by atoms with van der Waals surface area (Å²) in [7, 11) is 1.65. The van der Waals surface area contributed by atoms with Gasteiger partial charge < -0.3 is 14.8 Å². The molecule has 8 heteroatoms. The van der Waals surface area contributed by atoms with E-state index in [1.807, 2.05) is 65.3 Å². The molecule has 33 heavy (non-hydrogen) atoms. The predicted molar refractivity (Wildman–Crippen MR) is 128 cm³/mol. The molecular formula is C25H18Cl2N4O2. The SMILES string of the molecule is COc1cccc(C2Oc3ccccc3C3=C2C(c2ccc(Cl)cc2Cl)n2ncnc2N3)c1. The fourth-order valence-electron chi connectivity index (χ4n) is 4.52. The summed E-state index contributed by atoms with van der Waals surface area (Å²) >= 11 is 12.9. The standard InChI is InChI=1S/C25H18Cl2N4O2/c1-32-16-6-4-5-14(11-16)24-21-22(18-7-2-3-8-20(18)33-24)30-25-28-13-29-31(25)23(21)17-10-9-15(26)12-19(17)27/h2-13,23-24H,1H3,(H,28,29,30). The fourth-order valence-corrected chi connectivity index (χ4v) is 5.03. The highest BCUT2D eigenvalue weighted by molar-refractivity contribution is 6.35. The predicted octanol–water partition coefficient (Wildman–Crippen LogP) is 6.15. The summed E-state index contributed by atoms with van der Waals surface area (Å²) in [4.78, 5) is 4.45. The molecule has 4 aromatic rings. The van der Waals surface area contributed by atoms with Gasteiger partial charge >= 0.3 is 0 Å². The van der Waals surface area contributed by atoms with Crippen LogP contribution >= 0.6 is 23.2 Å². The lowest BCUT2D eigenvalue weighted by Gasteiger charge is -2.39. The summed E-state index contributed by atoms with van der Waals surface area (Å²) in [6, 6.07) is 21.0. The van der Waals surface area contributed by atoms with Crippen molar-refractivity contribution in [1.29, 1.82) is 0 Å². The van der Waals surface area contributed by atoms with Gasteiger partial charge in [-0.1, -0.05) is 53.5 Å². The van der Waals surface area contributed by atoms with Gasteiger partial charge in [0.15, 0.2) is 0 Å². The van der Waals surface area contributed by atoms with Gasteiger partial charge in [0.2, 0.25) is 5.95 Å². The zero-order valence-electron chi connectivity index (χ0n) is 17.5. The van der Waals surface area contributed by atoms with Crippen molar-refractivity contribution in [3.8, 4) is 11.5 Å². The van der Waals surface area contributed by atoms with Crippen molar-refractivity contribution in [1.82, 2.24) is 14.8 Å². The second-order valence-electron chi connectivity index (χ2n) is 7.82. The molecule has 0 amide bonds. The van der Waals surface area contributed by atoms with Crippen LogP contribution in [0.2, 0.25) is 10.0 Å². The average Bonchev–Trinajstić information content (AvgIpc) is 3.31. The molecule has 1 aromatic heterocycles. The summed E-state index contributed by atoms with van der Waals surface area (Å²) in [5.41, 5.74) is 4.68. The minimum absolute atomic E-state index is 0.354. The second-order valence-corrected chi connectivity index (χ2v) is 8.67. The van der Waals surface area contributed by atoms with E-state index in [4.69, 9.17) is 32.7 Å². The van der Waals surface area contributed by atoms with Gasteiger partial charge in [0.1, 0.15) is 30.0 Å². The smallest absolute Gasteiger partial charge is 0.226 e. The zero-order chi connectivity index (χ0) is 22.5. The summed E-state index contributed by atoms with van der Waals surface area (Å²) in [5, 5.41) is 9.12. The molecule has 0 spiro atoms. The third-order valence-corrected chi connectivity index (χ3v) is 6.54. The summed E-state index contributed by atoms with van der Waals surface area (Å²) in [6.07, 6.45) is 1.12. The highest BCUT2D eigenvalue weighted by Gasteiger charge is 2.41. The van der Waals surface area contributed by atoms with Crippen LogP contribution < -0.4 is 14.8 Å². The monoisotopic (exact) mass is 476 g/mol. The van der Waals surface area contributed by atoms with Gasteiger partial charge in [-0.3, -0.25) is 0 Å². The third kappa shape index (κ3) is 3.25. The highest BCUT2D eigenvalue weighted by atomic mass is 35.5. The number of nitrogens with zero attached hydrogens (tertiary/aromatic N) is 3. The molecule has 1 N–H and O–H groups in total. The van der Waals surface area contributed by atoms with Crippen molar-refractivity contribution in [2.75, 3.05) is 12.4 Å². The number of benzene rings is 3. The van der Waals surface area contributed by atoms with Crippen molar-refractivity contribution in [2.24, 2.45) is 0 Å². The van der Waals surface area contributed by atoms with Crippen molar-refractivity contribution >= 4 is 34.8 Å². The number of hydrogen-bond acceptors (Lipinski definition) is 5. The molecule has 0 saturated heterocycles.